The highest BCUT2D eigenvalue weighted by atomic mass is 16.6. The molecule has 2 atom stereocenters. The van der Waals surface area contributed by atoms with Crippen LogP contribution >= 0.6 is 0 Å². The smallest absolute Gasteiger partial charge is 0.343 e. The Bertz CT molecular complexity index is 3140. The topological polar surface area (TPSA) is 114 Å². The van der Waals surface area contributed by atoms with Crippen LogP contribution in [0.3, 0.4) is 0 Å². The number of benzene rings is 7. The van der Waals surface area contributed by atoms with E-state index in [2.05, 4.69) is 113 Å². The molecule has 2 unspecified atom stereocenters. The molecule has 2 aliphatic rings. The van der Waals surface area contributed by atoms with Gasteiger partial charge in [0.15, 0.2) is 6.10 Å². The van der Waals surface area contributed by atoms with Gasteiger partial charge < -0.3 is 23.7 Å². The Morgan fingerprint density at radius 1 is 0.461 bits per heavy atom. The number of unbranched alkanes of at least 4 members (excludes halogenated alkanes) is 5. The molecule has 0 amide bonds. The van der Waals surface area contributed by atoms with Crippen LogP contribution in [0, 0.1) is 17.8 Å². The number of hydrogen-bond donors (Lipinski definition) is 0. The highest BCUT2D eigenvalue weighted by molar-refractivity contribution is 5.92. The van der Waals surface area contributed by atoms with Crippen LogP contribution in [0.25, 0.3) is 11.1 Å². The van der Waals surface area contributed by atoms with Gasteiger partial charge in [-0.1, -0.05) is 208 Å². The lowest BCUT2D eigenvalue weighted by Crippen LogP contribution is -2.19. The zero-order chi connectivity index (χ0) is 63.2. The molecule has 0 N–H and O–H groups in total. The number of esters is 4. The van der Waals surface area contributed by atoms with Gasteiger partial charge in [0.2, 0.25) is 0 Å². The minimum Gasteiger partial charge on any atom is -0.494 e. The average Bonchev–Trinajstić information content (AvgIpc) is 3.66. The monoisotopic (exact) mass is 1200 g/mol. The SMILES string of the molecule is CCC(C)Cc1ccc(-c2ccccc2)cc1.CCCCCC1CCC(c2ccc(C(=O)OC(COC(=O)c3ccc(C4CCC(C)CC4)cc3)c3ccccc3)cc2)CC1.CCCCCCOc1ccc(C(=O)Oc2ccc(C(=O)OC(C)C)cc2)cc1. The molecule has 9 rings (SSSR count). The molecule has 472 valence electrons. The molecule has 89 heavy (non-hydrogen) atoms. The molecule has 0 heterocycles. The second-order valence-electron chi connectivity index (χ2n) is 24.9. The van der Waals surface area contributed by atoms with E-state index in [1.165, 1.54) is 131 Å². The maximum Gasteiger partial charge on any atom is 0.343 e. The molecule has 2 saturated carbocycles. The van der Waals surface area contributed by atoms with E-state index in [9.17, 15) is 19.2 Å². The van der Waals surface area contributed by atoms with Crippen LogP contribution in [-0.2, 0) is 20.6 Å². The minimum atomic E-state index is -0.696. The van der Waals surface area contributed by atoms with Crippen molar-refractivity contribution in [3.63, 3.8) is 0 Å². The van der Waals surface area contributed by atoms with Gasteiger partial charge in [-0.05, 0) is 201 Å². The maximum absolute atomic E-state index is 13.2. The fraction of sp³-hybridized carbons (Fsp3) is 0.425. The third-order valence-electron chi connectivity index (χ3n) is 17.4. The first kappa shape index (κ1) is 68.7. The maximum atomic E-state index is 13.2. The van der Waals surface area contributed by atoms with Gasteiger partial charge in [-0.25, -0.2) is 19.2 Å². The number of hydrogen-bond acceptors (Lipinski definition) is 9. The van der Waals surface area contributed by atoms with Gasteiger partial charge in [0.1, 0.15) is 18.1 Å². The molecule has 0 bridgehead atoms. The number of ether oxygens (including phenoxy) is 5. The Morgan fingerprint density at radius 2 is 0.944 bits per heavy atom. The van der Waals surface area contributed by atoms with E-state index < -0.39 is 30.0 Å². The predicted octanol–water partition coefficient (Wildman–Crippen LogP) is 21.0. The predicted molar refractivity (Wildman–Crippen MR) is 360 cm³/mol. The summed E-state index contributed by atoms with van der Waals surface area (Å²) < 4.78 is 27.8. The van der Waals surface area contributed by atoms with Crippen LogP contribution in [0.15, 0.2) is 182 Å². The summed E-state index contributed by atoms with van der Waals surface area (Å²) in [6.07, 6.45) is 21.5. The summed E-state index contributed by atoms with van der Waals surface area (Å²) in [5.74, 6) is 3.01. The lowest BCUT2D eigenvalue weighted by molar-refractivity contribution is -0.00134. The lowest BCUT2D eigenvalue weighted by atomic mass is 9.77. The van der Waals surface area contributed by atoms with E-state index in [0.29, 0.717) is 46.4 Å². The van der Waals surface area contributed by atoms with E-state index in [1.54, 1.807) is 62.4 Å². The van der Waals surface area contributed by atoms with Crippen molar-refractivity contribution in [3.05, 3.63) is 226 Å². The van der Waals surface area contributed by atoms with Crippen LogP contribution in [0.2, 0.25) is 0 Å². The van der Waals surface area contributed by atoms with Crippen molar-refractivity contribution in [1.82, 2.24) is 0 Å². The average molecular weight is 1200 g/mol. The molecule has 0 aromatic heterocycles. The molecule has 7 aromatic rings. The highest BCUT2D eigenvalue weighted by Gasteiger charge is 2.25. The third kappa shape index (κ3) is 23.3. The molecule has 2 aliphatic carbocycles. The molecule has 0 aliphatic heterocycles. The quantitative estimate of drug-likeness (QED) is 0.0226. The Morgan fingerprint density at radius 3 is 1.49 bits per heavy atom. The van der Waals surface area contributed by atoms with Gasteiger partial charge >= 0.3 is 23.9 Å². The lowest BCUT2D eigenvalue weighted by Gasteiger charge is -2.29. The van der Waals surface area contributed by atoms with E-state index in [1.807, 2.05) is 54.6 Å². The molecule has 0 spiro atoms. The number of carbonyl (C=O) groups excluding carboxylic acids is 4. The second kappa shape index (κ2) is 37.3. The normalized spacial score (nSPS) is 16.9. The molecule has 7 aromatic carbocycles. The van der Waals surface area contributed by atoms with Crippen LogP contribution in [-0.4, -0.2) is 43.2 Å². The molecule has 0 radical (unpaired) electrons. The highest BCUT2D eigenvalue weighted by Crippen LogP contribution is 2.39. The Labute approximate surface area is 532 Å². The van der Waals surface area contributed by atoms with Crippen molar-refractivity contribution >= 4 is 23.9 Å². The Balaban J connectivity index is 0.000000213. The van der Waals surface area contributed by atoms with Gasteiger partial charge in [-0.3, -0.25) is 0 Å². The van der Waals surface area contributed by atoms with Crippen molar-refractivity contribution in [1.29, 1.82) is 0 Å². The summed E-state index contributed by atoms with van der Waals surface area (Å²) in [6.45, 7) is 15.5. The van der Waals surface area contributed by atoms with Crippen LogP contribution < -0.4 is 9.47 Å². The van der Waals surface area contributed by atoms with Gasteiger partial charge in [-0.15, -0.1) is 0 Å². The fourth-order valence-corrected chi connectivity index (χ4v) is 11.7. The Kier molecular flexibility index (Phi) is 28.8. The summed E-state index contributed by atoms with van der Waals surface area (Å²) in [6, 6.07) is 58.0. The fourth-order valence-electron chi connectivity index (χ4n) is 11.7. The first-order valence-corrected chi connectivity index (χ1v) is 33.3. The van der Waals surface area contributed by atoms with Crippen LogP contribution in [0.1, 0.15) is 239 Å². The second-order valence-corrected chi connectivity index (χ2v) is 24.9. The summed E-state index contributed by atoms with van der Waals surface area (Å²) in [4.78, 5) is 50.3. The summed E-state index contributed by atoms with van der Waals surface area (Å²) in [5, 5.41) is 0. The van der Waals surface area contributed by atoms with Gasteiger partial charge in [0.05, 0.1) is 35.0 Å². The minimum absolute atomic E-state index is 0.0452. The van der Waals surface area contributed by atoms with E-state index in [-0.39, 0.29) is 12.7 Å². The number of carbonyl (C=O) groups is 4. The van der Waals surface area contributed by atoms with Crippen molar-refractivity contribution in [2.75, 3.05) is 13.2 Å². The van der Waals surface area contributed by atoms with Crippen LogP contribution in [0.5, 0.6) is 11.5 Å². The van der Waals surface area contributed by atoms with E-state index in [0.717, 1.165) is 41.9 Å². The summed E-state index contributed by atoms with van der Waals surface area (Å²) in [7, 11) is 0. The molecule has 2 fully saturated rings. The van der Waals surface area contributed by atoms with Crippen molar-refractivity contribution in [2.24, 2.45) is 17.8 Å². The summed E-state index contributed by atoms with van der Waals surface area (Å²) in [5.41, 5.74) is 9.32. The first-order valence-electron chi connectivity index (χ1n) is 33.3. The third-order valence-corrected chi connectivity index (χ3v) is 17.4. The molecule has 9 heteroatoms. The van der Waals surface area contributed by atoms with Gasteiger partial charge in [0, 0.05) is 0 Å². The molecule has 0 saturated heterocycles. The molecule has 9 nitrogen and oxygen atoms in total. The largest absolute Gasteiger partial charge is 0.494 e. The van der Waals surface area contributed by atoms with E-state index >= 15 is 0 Å². The number of rotatable bonds is 26. The Hall–Kier alpha value is -7.78. The zero-order valence-electron chi connectivity index (χ0n) is 54.2. The van der Waals surface area contributed by atoms with Crippen LogP contribution in [0.4, 0.5) is 0 Å². The molecular weight excluding hydrogens is 1100 g/mol. The summed E-state index contributed by atoms with van der Waals surface area (Å²) >= 11 is 0. The zero-order valence-corrected chi connectivity index (χ0v) is 54.2. The standard InChI is InChI=1S/C40H50O4.C23H28O5.C17H20/c1-3-4-6-9-30-14-18-32(19-15-30)34-22-26-37(27-23-34)40(42)44-38(35-10-7-5-8-11-35)28-43-39(41)36-24-20-33(21-25-36)31-16-12-29(2)13-17-31;1-4-5-6-7-16-26-20-12-8-19(9-13-20)23(25)28-21-14-10-18(11-15-21)22(24)27-17(2)3;1-3-14(2)13-15-9-11-17(12-10-15)16-7-5-4-6-8-16/h5,7-8,10-11,20-27,29-32,38H,3-4,6,9,12-19,28H2,1-2H3;8-15,17H,4-7,16H2,1-3H3;4-12,14H,3,13H2,1-2H3. The van der Waals surface area contributed by atoms with Gasteiger partial charge in [-0.2, -0.15) is 0 Å². The van der Waals surface area contributed by atoms with Crippen molar-refractivity contribution in [3.8, 4) is 22.6 Å². The van der Waals surface area contributed by atoms with Crippen molar-refractivity contribution in [2.45, 2.75) is 188 Å². The van der Waals surface area contributed by atoms with E-state index in [4.69, 9.17) is 23.7 Å². The van der Waals surface area contributed by atoms with Gasteiger partial charge in [0.25, 0.3) is 0 Å². The molecular formula is C80H98O9. The van der Waals surface area contributed by atoms with Crippen molar-refractivity contribution < 1.29 is 42.9 Å². The first-order chi connectivity index (χ1) is 43.3.